The molecule has 1 heterocycles. The molecule has 3 aromatic carbocycles. The summed E-state index contributed by atoms with van der Waals surface area (Å²) >= 11 is 12.3. The van der Waals surface area contributed by atoms with Crippen LogP contribution in [-0.2, 0) is 0 Å². The van der Waals surface area contributed by atoms with Crippen LogP contribution in [0.2, 0.25) is 5.02 Å². The van der Waals surface area contributed by atoms with Gasteiger partial charge in [0, 0.05) is 12.7 Å². The van der Waals surface area contributed by atoms with Gasteiger partial charge in [-0.15, -0.1) is 0 Å². The van der Waals surface area contributed by atoms with Gasteiger partial charge in [0.1, 0.15) is 22.3 Å². The van der Waals surface area contributed by atoms with Crippen LogP contribution in [0.5, 0.6) is 11.5 Å². The Balaban J connectivity index is 1.83. The molecule has 0 radical (unpaired) electrons. The van der Waals surface area contributed by atoms with E-state index in [2.05, 4.69) is 0 Å². The van der Waals surface area contributed by atoms with Crippen molar-refractivity contribution < 1.29 is 13.9 Å². The van der Waals surface area contributed by atoms with Gasteiger partial charge < -0.3 is 14.4 Å². The van der Waals surface area contributed by atoms with E-state index in [0.717, 1.165) is 22.5 Å². The molecule has 142 valence electrons. The predicted molar refractivity (Wildman–Crippen MR) is 114 cm³/mol. The maximum Gasteiger partial charge on any atom is 0.179 e. The average molecular weight is 414 g/mol. The number of hydrogen-bond acceptors (Lipinski definition) is 4. The van der Waals surface area contributed by atoms with Crippen LogP contribution in [0.3, 0.4) is 0 Å². The molecule has 1 aliphatic heterocycles. The first kappa shape index (κ1) is 18.7. The number of halogens is 2. The molecule has 0 aliphatic carbocycles. The van der Waals surface area contributed by atoms with Crippen molar-refractivity contribution >= 4 is 40.2 Å². The number of fused-ring (bicyclic) bond motifs is 2. The third kappa shape index (κ3) is 3.11. The highest BCUT2D eigenvalue weighted by Gasteiger charge is 2.34. The van der Waals surface area contributed by atoms with Crippen LogP contribution in [0.25, 0.3) is 0 Å². The molecule has 6 heteroatoms. The number of para-hydroxylation sites is 1. The van der Waals surface area contributed by atoms with E-state index in [9.17, 15) is 4.39 Å². The van der Waals surface area contributed by atoms with E-state index in [4.69, 9.17) is 33.3 Å². The van der Waals surface area contributed by atoms with Gasteiger partial charge in [0.05, 0.1) is 18.7 Å². The molecule has 1 atom stereocenters. The van der Waals surface area contributed by atoms with Crippen molar-refractivity contribution in [1.82, 2.24) is 0 Å². The van der Waals surface area contributed by atoms with Gasteiger partial charge in [0.15, 0.2) is 5.05 Å². The van der Waals surface area contributed by atoms with Gasteiger partial charge >= 0.3 is 0 Å². The summed E-state index contributed by atoms with van der Waals surface area (Å²) in [6.45, 7) is 0. The average Bonchev–Trinajstić information content (AvgIpc) is 2.70. The minimum Gasteiger partial charge on any atom is -0.495 e. The summed E-state index contributed by atoms with van der Waals surface area (Å²) in [5.41, 5.74) is 3.76. The van der Waals surface area contributed by atoms with Crippen LogP contribution >= 0.6 is 23.8 Å². The zero-order chi connectivity index (χ0) is 19.8. The fourth-order valence-corrected chi connectivity index (χ4v) is 4.28. The number of benzene rings is 3. The molecular weight excluding hydrogens is 397 g/mol. The van der Waals surface area contributed by atoms with Gasteiger partial charge in [0.2, 0.25) is 0 Å². The van der Waals surface area contributed by atoms with Crippen molar-refractivity contribution in [2.45, 2.75) is 5.92 Å². The Morgan fingerprint density at radius 2 is 1.75 bits per heavy atom. The van der Waals surface area contributed by atoms with E-state index in [0.29, 0.717) is 21.6 Å². The van der Waals surface area contributed by atoms with Crippen molar-refractivity contribution in [3.63, 3.8) is 0 Å². The lowest BCUT2D eigenvalue weighted by Gasteiger charge is -2.36. The van der Waals surface area contributed by atoms with Crippen molar-refractivity contribution in [3.8, 4) is 11.5 Å². The Bertz CT molecular complexity index is 1050. The van der Waals surface area contributed by atoms with E-state index in [1.165, 1.54) is 12.1 Å². The number of ether oxygens (including phenoxy) is 2. The fraction of sp³-hybridized carbons (Fsp3) is 0.136. The third-order valence-corrected chi connectivity index (χ3v) is 5.54. The van der Waals surface area contributed by atoms with Crippen molar-refractivity contribution in [1.29, 1.82) is 0 Å². The van der Waals surface area contributed by atoms with Gasteiger partial charge in [-0.1, -0.05) is 35.9 Å². The number of nitrogens with zero attached hydrogens (tertiary/aromatic N) is 1. The van der Waals surface area contributed by atoms with Crippen LogP contribution in [-0.4, -0.2) is 19.2 Å². The zero-order valence-electron chi connectivity index (χ0n) is 15.3. The topological polar surface area (TPSA) is 21.7 Å². The fourth-order valence-electron chi connectivity index (χ4n) is 3.55. The molecule has 0 saturated heterocycles. The predicted octanol–water partition coefficient (Wildman–Crippen LogP) is 6.11. The van der Waals surface area contributed by atoms with Gasteiger partial charge in [-0.3, -0.25) is 0 Å². The summed E-state index contributed by atoms with van der Waals surface area (Å²) in [5, 5.41) is 0.890. The minimum atomic E-state index is -0.327. The second-order valence-corrected chi connectivity index (χ2v) is 7.23. The smallest absolute Gasteiger partial charge is 0.179 e. The highest BCUT2D eigenvalue weighted by atomic mass is 35.5. The maximum absolute atomic E-state index is 13.2. The molecule has 28 heavy (non-hydrogen) atoms. The standard InChI is InChI=1S/C22H17ClFNO2S/c1-25-17-6-4-3-5-15(17)19(16-11-12-18(26-2)20(23)21(16)25)22(28)27-14-9-7-13(24)8-10-14/h3-12,19H,1-2H3. The Morgan fingerprint density at radius 1 is 1.04 bits per heavy atom. The van der Waals surface area contributed by atoms with Gasteiger partial charge in [-0.25, -0.2) is 4.39 Å². The number of thiocarbonyl (C=S) groups is 1. The highest BCUT2D eigenvalue weighted by Crippen LogP contribution is 2.50. The highest BCUT2D eigenvalue weighted by molar-refractivity contribution is 7.80. The monoisotopic (exact) mass is 413 g/mol. The molecule has 0 bridgehead atoms. The first-order valence-corrected chi connectivity index (χ1v) is 9.46. The van der Waals surface area contributed by atoms with Crippen LogP contribution in [0.15, 0.2) is 60.7 Å². The molecule has 0 N–H and O–H groups in total. The van der Waals surface area contributed by atoms with E-state index < -0.39 is 0 Å². The zero-order valence-corrected chi connectivity index (χ0v) is 16.9. The van der Waals surface area contributed by atoms with Crippen LogP contribution in [0.4, 0.5) is 15.8 Å². The number of anilines is 2. The van der Waals surface area contributed by atoms with E-state index in [1.54, 1.807) is 19.2 Å². The van der Waals surface area contributed by atoms with Gasteiger partial charge in [-0.05, 0) is 59.7 Å². The lowest BCUT2D eigenvalue weighted by Crippen LogP contribution is -2.28. The summed E-state index contributed by atoms with van der Waals surface area (Å²) in [7, 11) is 3.55. The molecule has 0 aromatic heterocycles. The minimum absolute atomic E-state index is 0.300. The second kappa shape index (κ2) is 7.41. The quantitative estimate of drug-likeness (QED) is 0.483. The normalized spacial score (nSPS) is 14.9. The molecule has 1 aliphatic rings. The molecule has 4 rings (SSSR count). The summed E-state index contributed by atoms with van der Waals surface area (Å²) in [5.74, 6) is 0.456. The van der Waals surface area contributed by atoms with Crippen LogP contribution in [0.1, 0.15) is 17.0 Å². The Hall–Kier alpha value is -2.63. The molecule has 3 nitrogen and oxygen atoms in total. The SMILES string of the molecule is COc1ccc2c(c1Cl)N(C)c1ccccc1C2C(=S)Oc1ccc(F)cc1. The summed E-state index contributed by atoms with van der Waals surface area (Å²) in [6, 6.07) is 17.6. The maximum atomic E-state index is 13.2. The third-order valence-electron chi connectivity index (χ3n) is 4.86. The Kier molecular flexibility index (Phi) is 4.96. The lowest BCUT2D eigenvalue weighted by molar-refractivity contribution is 0.415. The van der Waals surface area contributed by atoms with E-state index in [1.807, 2.05) is 48.3 Å². The van der Waals surface area contributed by atoms with Gasteiger partial charge in [0.25, 0.3) is 0 Å². The summed E-state index contributed by atoms with van der Waals surface area (Å²) < 4.78 is 24.5. The van der Waals surface area contributed by atoms with Crippen molar-refractivity contribution in [2.24, 2.45) is 0 Å². The molecule has 3 aromatic rings. The van der Waals surface area contributed by atoms with E-state index in [-0.39, 0.29) is 11.7 Å². The van der Waals surface area contributed by atoms with E-state index >= 15 is 0 Å². The lowest BCUT2D eigenvalue weighted by atomic mass is 9.85. The number of methoxy groups -OCH3 is 1. The first-order valence-electron chi connectivity index (χ1n) is 8.67. The molecular formula is C22H17ClFNO2S. The second-order valence-electron chi connectivity index (χ2n) is 6.45. The van der Waals surface area contributed by atoms with Crippen LogP contribution in [0, 0.1) is 5.82 Å². The van der Waals surface area contributed by atoms with Crippen molar-refractivity contribution in [2.75, 3.05) is 19.1 Å². The first-order chi connectivity index (χ1) is 13.5. The van der Waals surface area contributed by atoms with Crippen molar-refractivity contribution in [3.05, 3.63) is 82.6 Å². The largest absolute Gasteiger partial charge is 0.495 e. The molecule has 0 saturated carbocycles. The number of rotatable bonds is 3. The Labute approximate surface area is 173 Å². The summed E-state index contributed by atoms with van der Waals surface area (Å²) in [6.07, 6.45) is 0. The van der Waals surface area contributed by atoms with Gasteiger partial charge in [-0.2, -0.15) is 0 Å². The number of hydrogen-bond donors (Lipinski definition) is 0. The molecule has 1 unspecified atom stereocenters. The molecule has 0 fully saturated rings. The molecule has 0 amide bonds. The van der Waals surface area contributed by atoms with Crippen LogP contribution < -0.4 is 14.4 Å². The Morgan fingerprint density at radius 3 is 2.46 bits per heavy atom. The molecule has 0 spiro atoms. The summed E-state index contributed by atoms with van der Waals surface area (Å²) in [4.78, 5) is 2.03.